The summed E-state index contributed by atoms with van der Waals surface area (Å²) in [5.74, 6) is -0.846. The molecule has 0 saturated heterocycles. The van der Waals surface area contributed by atoms with Gasteiger partial charge in [0.25, 0.3) is 0 Å². The Balaban J connectivity index is 3.27. The summed E-state index contributed by atoms with van der Waals surface area (Å²) in [7, 11) is 0. The standard InChI is InChI=1S/C13H20N2O2/c1-5-15(10(2)3)13(4,12(16)17)11-7-6-8-14-9-11/h6-10H,5H2,1-4H3,(H,16,17). The molecule has 0 amide bonds. The van der Waals surface area contributed by atoms with Crippen molar-refractivity contribution in [2.45, 2.75) is 39.3 Å². The molecule has 0 aliphatic heterocycles. The molecule has 1 atom stereocenters. The highest BCUT2D eigenvalue weighted by molar-refractivity contribution is 5.80. The predicted octanol–water partition coefficient (Wildman–Crippen LogP) is 2.11. The lowest BCUT2D eigenvalue weighted by Crippen LogP contribution is -2.52. The minimum absolute atomic E-state index is 0.154. The molecule has 1 heterocycles. The molecule has 0 aliphatic carbocycles. The molecule has 0 bridgehead atoms. The second kappa shape index (κ2) is 5.27. The van der Waals surface area contributed by atoms with Crippen LogP contribution in [-0.4, -0.2) is 33.5 Å². The zero-order valence-corrected chi connectivity index (χ0v) is 10.8. The largest absolute Gasteiger partial charge is 0.480 e. The Morgan fingerprint density at radius 3 is 2.59 bits per heavy atom. The first kappa shape index (κ1) is 13.6. The quantitative estimate of drug-likeness (QED) is 0.850. The molecule has 1 unspecified atom stereocenters. The molecule has 0 radical (unpaired) electrons. The average Bonchev–Trinajstić information content (AvgIpc) is 2.30. The molecule has 4 heteroatoms. The predicted molar refractivity (Wildman–Crippen MR) is 66.7 cm³/mol. The van der Waals surface area contributed by atoms with Gasteiger partial charge in [-0.15, -0.1) is 0 Å². The highest BCUT2D eigenvalue weighted by atomic mass is 16.4. The molecule has 94 valence electrons. The summed E-state index contributed by atoms with van der Waals surface area (Å²) >= 11 is 0. The lowest BCUT2D eigenvalue weighted by Gasteiger charge is -2.40. The summed E-state index contributed by atoms with van der Waals surface area (Å²) in [6.45, 7) is 8.38. The monoisotopic (exact) mass is 236 g/mol. The van der Waals surface area contributed by atoms with Crippen LogP contribution in [0.5, 0.6) is 0 Å². The smallest absolute Gasteiger partial charge is 0.328 e. The Labute approximate surface area is 102 Å². The lowest BCUT2D eigenvalue weighted by atomic mass is 9.90. The molecule has 1 aromatic rings. The topological polar surface area (TPSA) is 53.4 Å². The Kier molecular flexibility index (Phi) is 4.23. The number of carboxylic acid groups (broad SMARTS) is 1. The molecule has 1 aromatic heterocycles. The van der Waals surface area contributed by atoms with Gasteiger partial charge < -0.3 is 5.11 Å². The molecular formula is C13H20N2O2. The number of pyridine rings is 1. The molecule has 0 aliphatic rings. The van der Waals surface area contributed by atoms with Gasteiger partial charge in [0, 0.05) is 24.0 Å². The maximum atomic E-state index is 11.7. The van der Waals surface area contributed by atoms with Crippen molar-refractivity contribution in [3.63, 3.8) is 0 Å². The van der Waals surface area contributed by atoms with Crippen molar-refractivity contribution in [2.24, 2.45) is 0 Å². The van der Waals surface area contributed by atoms with E-state index in [-0.39, 0.29) is 6.04 Å². The van der Waals surface area contributed by atoms with Crippen molar-refractivity contribution >= 4 is 5.97 Å². The number of carboxylic acids is 1. The Morgan fingerprint density at radius 2 is 2.24 bits per heavy atom. The van der Waals surface area contributed by atoms with Gasteiger partial charge in [-0.25, -0.2) is 4.79 Å². The van der Waals surface area contributed by atoms with Gasteiger partial charge in [-0.1, -0.05) is 13.0 Å². The second-order valence-electron chi connectivity index (χ2n) is 4.50. The maximum absolute atomic E-state index is 11.7. The highest BCUT2D eigenvalue weighted by Gasteiger charge is 2.41. The first-order chi connectivity index (χ1) is 7.94. The second-order valence-corrected chi connectivity index (χ2v) is 4.50. The van der Waals surface area contributed by atoms with Crippen molar-refractivity contribution in [1.29, 1.82) is 0 Å². The van der Waals surface area contributed by atoms with Gasteiger partial charge in [0.05, 0.1) is 0 Å². The van der Waals surface area contributed by atoms with E-state index in [9.17, 15) is 9.90 Å². The fourth-order valence-electron chi connectivity index (χ4n) is 2.26. The van der Waals surface area contributed by atoms with Crippen LogP contribution in [0.15, 0.2) is 24.5 Å². The van der Waals surface area contributed by atoms with Crippen LogP contribution in [0.3, 0.4) is 0 Å². The van der Waals surface area contributed by atoms with Gasteiger partial charge in [-0.05, 0) is 33.4 Å². The Bertz CT molecular complexity index is 378. The van der Waals surface area contributed by atoms with Crippen molar-refractivity contribution in [2.75, 3.05) is 6.54 Å². The number of rotatable bonds is 5. The van der Waals surface area contributed by atoms with Crippen molar-refractivity contribution in [1.82, 2.24) is 9.88 Å². The zero-order valence-electron chi connectivity index (χ0n) is 10.8. The summed E-state index contributed by atoms with van der Waals surface area (Å²) in [5, 5.41) is 9.57. The number of hydrogen-bond acceptors (Lipinski definition) is 3. The zero-order chi connectivity index (χ0) is 13.1. The van der Waals surface area contributed by atoms with Gasteiger partial charge in [0.2, 0.25) is 0 Å². The van der Waals surface area contributed by atoms with Crippen LogP contribution >= 0.6 is 0 Å². The number of aliphatic carboxylic acids is 1. The van der Waals surface area contributed by atoms with Gasteiger partial charge in [-0.3, -0.25) is 9.88 Å². The Morgan fingerprint density at radius 1 is 1.59 bits per heavy atom. The summed E-state index contributed by atoms with van der Waals surface area (Å²) in [5.41, 5.74) is -0.319. The van der Waals surface area contributed by atoms with Crippen LogP contribution in [0.2, 0.25) is 0 Å². The maximum Gasteiger partial charge on any atom is 0.328 e. The molecule has 0 spiro atoms. The summed E-state index contributed by atoms with van der Waals surface area (Å²) in [6, 6.07) is 3.73. The fraction of sp³-hybridized carbons (Fsp3) is 0.538. The van der Waals surface area contributed by atoms with E-state index in [0.717, 1.165) is 0 Å². The number of hydrogen-bond donors (Lipinski definition) is 1. The number of likely N-dealkylation sites (N-methyl/N-ethyl adjacent to an activating group) is 1. The van der Waals surface area contributed by atoms with E-state index < -0.39 is 11.5 Å². The van der Waals surface area contributed by atoms with Crippen molar-refractivity contribution in [3.8, 4) is 0 Å². The summed E-state index contributed by atoms with van der Waals surface area (Å²) in [6.07, 6.45) is 3.27. The molecular weight excluding hydrogens is 216 g/mol. The normalized spacial score (nSPS) is 14.9. The van der Waals surface area contributed by atoms with Crippen LogP contribution in [0.1, 0.15) is 33.3 Å². The van der Waals surface area contributed by atoms with Gasteiger partial charge in [0.15, 0.2) is 0 Å². The third-order valence-corrected chi connectivity index (χ3v) is 3.18. The SMILES string of the molecule is CCN(C(C)C)C(C)(C(=O)O)c1cccnc1. The van der Waals surface area contributed by atoms with Crippen molar-refractivity contribution in [3.05, 3.63) is 30.1 Å². The van der Waals surface area contributed by atoms with Gasteiger partial charge in [-0.2, -0.15) is 0 Å². The molecule has 0 aromatic carbocycles. The Hall–Kier alpha value is -1.42. The minimum Gasteiger partial charge on any atom is -0.480 e. The first-order valence-electron chi connectivity index (χ1n) is 5.85. The number of carbonyl (C=O) groups is 1. The third-order valence-electron chi connectivity index (χ3n) is 3.18. The summed E-state index contributed by atoms with van der Waals surface area (Å²) in [4.78, 5) is 17.6. The van der Waals surface area contributed by atoms with Crippen LogP contribution in [0.4, 0.5) is 0 Å². The molecule has 17 heavy (non-hydrogen) atoms. The third kappa shape index (κ3) is 2.47. The van der Waals surface area contributed by atoms with E-state index in [4.69, 9.17) is 0 Å². The van der Waals surface area contributed by atoms with E-state index in [0.29, 0.717) is 12.1 Å². The van der Waals surface area contributed by atoms with Crippen LogP contribution in [0, 0.1) is 0 Å². The van der Waals surface area contributed by atoms with Crippen LogP contribution < -0.4 is 0 Å². The minimum atomic E-state index is -1.03. The number of aromatic nitrogens is 1. The van der Waals surface area contributed by atoms with Gasteiger partial charge >= 0.3 is 5.97 Å². The van der Waals surface area contributed by atoms with Crippen molar-refractivity contribution < 1.29 is 9.90 Å². The molecule has 0 saturated carbocycles. The van der Waals surface area contributed by atoms with Crippen LogP contribution in [-0.2, 0) is 10.3 Å². The molecule has 0 fully saturated rings. The van der Waals surface area contributed by atoms with Gasteiger partial charge in [0.1, 0.15) is 5.54 Å². The van der Waals surface area contributed by atoms with E-state index in [1.165, 1.54) is 0 Å². The van der Waals surface area contributed by atoms with E-state index >= 15 is 0 Å². The lowest BCUT2D eigenvalue weighted by molar-refractivity contribution is -0.152. The van der Waals surface area contributed by atoms with E-state index in [2.05, 4.69) is 4.98 Å². The van der Waals surface area contributed by atoms with Crippen LogP contribution in [0.25, 0.3) is 0 Å². The highest BCUT2D eigenvalue weighted by Crippen LogP contribution is 2.29. The molecule has 1 N–H and O–H groups in total. The van der Waals surface area contributed by atoms with E-state index in [1.807, 2.05) is 31.7 Å². The summed E-state index contributed by atoms with van der Waals surface area (Å²) < 4.78 is 0. The average molecular weight is 236 g/mol. The molecule has 1 rings (SSSR count). The fourth-order valence-corrected chi connectivity index (χ4v) is 2.26. The number of nitrogens with zero attached hydrogens (tertiary/aromatic N) is 2. The molecule has 4 nitrogen and oxygen atoms in total. The van der Waals surface area contributed by atoms with E-state index in [1.54, 1.807) is 25.4 Å². The first-order valence-corrected chi connectivity index (χ1v) is 5.85.